The number of nitrogens with zero attached hydrogens (tertiary/aromatic N) is 3. The maximum atomic E-state index is 11.6. The van der Waals surface area contributed by atoms with E-state index in [0.717, 1.165) is 16.8 Å². The van der Waals surface area contributed by atoms with Crippen molar-refractivity contribution in [1.29, 1.82) is 0 Å². The average Bonchev–Trinajstić information content (AvgIpc) is 3.19. The molecule has 0 aliphatic carbocycles. The molecule has 0 aliphatic rings. The van der Waals surface area contributed by atoms with Crippen molar-refractivity contribution in [2.75, 3.05) is 14.2 Å². The molecule has 0 saturated carbocycles. The second kappa shape index (κ2) is 9.11. The van der Waals surface area contributed by atoms with Gasteiger partial charge in [0.15, 0.2) is 5.16 Å². The lowest BCUT2D eigenvalue weighted by Crippen LogP contribution is -2.01. The lowest BCUT2D eigenvalue weighted by molar-refractivity contribution is -0.384. The number of ether oxygens (including phenoxy) is 2. The third-order valence-corrected chi connectivity index (χ3v) is 5.90. The molecule has 0 N–H and O–H groups in total. The number of methoxy groups -OCH3 is 2. The van der Waals surface area contributed by atoms with Gasteiger partial charge in [-0.3, -0.25) is 14.7 Å². The fourth-order valence-corrected chi connectivity index (χ4v) is 4.28. The lowest BCUT2D eigenvalue weighted by Gasteiger charge is -2.13. The van der Waals surface area contributed by atoms with Gasteiger partial charge in [-0.1, -0.05) is 36.0 Å². The smallest absolute Gasteiger partial charge is 0.337 e. The molecule has 9 heteroatoms. The van der Waals surface area contributed by atoms with Gasteiger partial charge in [0.2, 0.25) is 0 Å². The van der Waals surface area contributed by atoms with Gasteiger partial charge in [0.1, 0.15) is 5.75 Å². The van der Waals surface area contributed by atoms with Crippen LogP contribution < -0.4 is 4.74 Å². The highest BCUT2D eigenvalue weighted by Crippen LogP contribution is 2.34. The minimum absolute atomic E-state index is 0.0166. The zero-order valence-electron chi connectivity index (χ0n) is 17.3. The van der Waals surface area contributed by atoms with Crippen LogP contribution in [0.2, 0.25) is 0 Å². The van der Waals surface area contributed by atoms with Crippen molar-refractivity contribution in [3.8, 4) is 11.4 Å². The Morgan fingerprint density at radius 3 is 2.53 bits per heavy atom. The molecular formula is C23H19N3O5S. The van der Waals surface area contributed by atoms with Gasteiger partial charge in [0.25, 0.3) is 5.69 Å². The number of benzene rings is 3. The molecule has 4 aromatic rings. The summed E-state index contributed by atoms with van der Waals surface area (Å²) in [5.74, 6) is 0.861. The highest BCUT2D eigenvalue weighted by molar-refractivity contribution is 7.98. The fourth-order valence-electron chi connectivity index (χ4n) is 3.31. The summed E-state index contributed by atoms with van der Waals surface area (Å²) in [7, 11) is 2.94. The Balaban J connectivity index is 1.74. The van der Waals surface area contributed by atoms with E-state index in [4.69, 9.17) is 9.47 Å². The van der Waals surface area contributed by atoms with Gasteiger partial charge in [-0.15, -0.1) is 0 Å². The molecule has 0 atom stereocenters. The van der Waals surface area contributed by atoms with Gasteiger partial charge in [0.05, 0.1) is 41.4 Å². The van der Waals surface area contributed by atoms with Gasteiger partial charge in [-0.2, -0.15) is 0 Å². The molecule has 0 unspecified atom stereocenters. The van der Waals surface area contributed by atoms with Gasteiger partial charge < -0.3 is 9.47 Å². The monoisotopic (exact) mass is 449 g/mol. The van der Waals surface area contributed by atoms with Crippen molar-refractivity contribution in [2.45, 2.75) is 10.9 Å². The number of hydrogen-bond acceptors (Lipinski definition) is 7. The van der Waals surface area contributed by atoms with Crippen molar-refractivity contribution in [1.82, 2.24) is 9.55 Å². The second-order valence-electron chi connectivity index (χ2n) is 6.81. The quantitative estimate of drug-likeness (QED) is 0.169. The Hall–Kier alpha value is -3.85. The van der Waals surface area contributed by atoms with E-state index in [-0.39, 0.29) is 11.7 Å². The summed E-state index contributed by atoms with van der Waals surface area (Å²) in [6.07, 6.45) is 0. The average molecular weight is 449 g/mol. The van der Waals surface area contributed by atoms with E-state index in [1.54, 1.807) is 25.3 Å². The van der Waals surface area contributed by atoms with Crippen molar-refractivity contribution in [2.24, 2.45) is 0 Å². The molecular weight excluding hydrogens is 430 g/mol. The Bertz CT molecular complexity index is 1300. The second-order valence-corrected chi connectivity index (χ2v) is 7.75. The largest absolute Gasteiger partial charge is 0.495 e. The molecule has 0 aliphatic heterocycles. The molecule has 8 nitrogen and oxygen atoms in total. The van der Waals surface area contributed by atoms with Crippen LogP contribution in [-0.2, 0) is 10.5 Å². The molecule has 0 amide bonds. The van der Waals surface area contributed by atoms with Crippen LogP contribution in [0.4, 0.5) is 5.69 Å². The van der Waals surface area contributed by atoms with Crippen LogP contribution in [0.15, 0.2) is 71.9 Å². The van der Waals surface area contributed by atoms with Crippen LogP contribution in [0.5, 0.6) is 5.75 Å². The Morgan fingerprint density at radius 2 is 1.84 bits per heavy atom. The van der Waals surface area contributed by atoms with E-state index >= 15 is 0 Å². The number of fused-ring (bicyclic) bond motifs is 1. The third-order valence-electron chi connectivity index (χ3n) is 4.89. The Kier molecular flexibility index (Phi) is 6.09. The first-order chi connectivity index (χ1) is 15.5. The van der Waals surface area contributed by atoms with Gasteiger partial charge >= 0.3 is 5.97 Å². The first-order valence-electron chi connectivity index (χ1n) is 9.62. The SMILES string of the molecule is COC(=O)c1ccc(CSc2nc3cc([N+](=O)[O-])ccc3n2-c2ccccc2OC)cc1. The molecule has 1 heterocycles. The van der Waals surface area contributed by atoms with Crippen molar-refractivity contribution >= 4 is 34.5 Å². The maximum Gasteiger partial charge on any atom is 0.337 e. The summed E-state index contributed by atoms with van der Waals surface area (Å²) in [5, 5.41) is 11.9. The molecule has 0 saturated heterocycles. The van der Waals surface area contributed by atoms with E-state index in [0.29, 0.717) is 27.7 Å². The number of nitro benzene ring substituents is 1. The molecule has 3 aromatic carbocycles. The van der Waals surface area contributed by atoms with Crippen molar-refractivity contribution < 1.29 is 19.2 Å². The van der Waals surface area contributed by atoms with E-state index in [9.17, 15) is 14.9 Å². The maximum absolute atomic E-state index is 11.6. The Morgan fingerprint density at radius 1 is 1.09 bits per heavy atom. The van der Waals surface area contributed by atoms with Crippen molar-refractivity contribution in [3.05, 3.63) is 88.0 Å². The van der Waals surface area contributed by atoms with Crippen LogP contribution in [0.3, 0.4) is 0 Å². The standard InChI is InChI=1S/C23H19N3O5S/c1-30-21-6-4-3-5-20(21)25-19-12-11-17(26(28)29)13-18(19)24-23(25)32-14-15-7-9-16(10-8-15)22(27)31-2/h3-13H,14H2,1-2H3. The number of hydrogen-bond donors (Lipinski definition) is 0. The number of imidazole rings is 1. The third kappa shape index (κ3) is 4.15. The zero-order valence-corrected chi connectivity index (χ0v) is 18.2. The van der Waals surface area contributed by atoms with Crippen LogP contribution in [0.25, 0.3) is 16.7 Å². The number of para-hydroxylation sites is 2. The van der Waals surface area contributed by atoms with Crippen LogP contribution in [-0.4, -0.2) is 34.7 Å². The van der Waals surface area contributed by atoms with Crippen LogP contribution in [0, 0.1) is 10.1 Å². The predicted octanol–water partition coefficient (Wildman–Crippen LogP) is 5.02. The lowest BCUT2D eigenvalue weighted by atomic mass is 10.1. The number of aromatic nitrogens is 2. The highest BCUT2D eigenvalue weighted by atomic mass is 32.2. The number of nitro groups is 1. The molecule has 162 valence electrons. The summed E-state index contributed by atoms with van der Waals surface area (Å²) in [6.45, 7) is 0. The fraction of sp³-hybridized carbons (Fsp3) is 0.130. The number of thioether (sulfide) groups is 1. The van der Waals surface area contributed by atoms with E-state index < -0.39 is 4.92 Å². The summed E-state index contributed by atoms with van der Waals surface area (Å²) in [5.41, 5.74) is 3.51. The summed E-state index contributed by atoms with van der Waals surface area (Å²) < 4.78 is 12.2. The zero-order chi connectivity index (χ0) is 22.7. The number of esters is 1. The van der Waals surface area contributed by atoms with E-state index in [2.05, 4.69) is 4.98 Å². The van der Waals surface area contributed by atoms with Gasteiger partial charge in [-0.25, -0.2) is 9.78 Å². The minimum Gasteiger partial charge on any atom is -0.495 e. The molecule has 0 radical (unpaired) electrons. The molecule has 0 bridgehead atoms. The summed E-state index contributed by atoms with van der Waals surface area (Å²) in [4.78, 5) is 27.1. The summed E-state index contributed by atoms with van der Waals surface area (Å²) >= 11 is 1.48. The molecule has 4 rings (SSSR count). The highest BCUT2D eigenvalue weighted by Gasteiger charge is 2.18. The molecule has 1 aromatic heterocycles. The number of non-ortho nitro benzene ring substituents is 1. The van der Waals surface area contributed by atoms with Gasteiger partial charge in [0, 0.05) is 17.9 Å². The molecule has 32 heavy (non-hydrogen) atoms. The number of carbonyl (C=O) groups is 1. The first-order valence-corrected chi connectivity index (χ1v) is 10.6. The topological polar surface area (TPSA) is 96.5 Å². The van der Waals surface area contributed by atoms with E-state index in [1.165, 1.54) is 31.0 Å². The molecule has 0 fully saturated rings. The number of rotatable bonds is 7. The number of carbonyl (C=O) groups excluding carboxylic acids is 1. The van der Waals surface area contributed by atoms with E-state index in [1.807, 2.05) is 41.0 Å². The normalized spacial score (nSPS) is 10.8. The first kappa shape index (κ1) is 21.4. The van der Waals surface area contributed by atoms with Gasteiger partial charge in [-0.05, 0) is 35.9 Å². The minimum atomic E-state index is -0.433. The summed E-state index contributed by atoms with van der Waals surface area (Å²) in [6, 6.07) is 19.3. The van der Waals surface area contributed by atoms with Crippen LogP contribution in [0.1, 0.15) is 15.9 Å². The Labute approximate surface area is 187 Å². The van der Waals surface area contributed by atoms with Crippen LogP contribution >= 0.6 is 11.8 Å². The molecule has 0 spiro atoms. The predicted molar refractivity (Wildman–Crippen MR) is 122 cm³/mol. The van der Waals surface area contributed by atoms with Crippen molar-refractivity contribution in [3.63, 3.8) is 0 Å².